The van der Waals surface area contributed by atoms with Crippen molar-refractivity contribution in [3.8, 4) is 0 Å². The fraction of sp³-hybridized carbons (Fsp3) is 0.636. The number of benzene rings is 1. The highest BCUT2D eigenvalue weighted by Gasteiger charge is 2.47. The van der Waals surface area contributed by atoms with E-state index in [-0.39, 0.29) is 16.3 Å². The molecule has 0 N–H and O–H groups in total. The van der Waals surface area contributed by atoms with Crippen LogP contribution in [-0.2, 0) is 27.6 Å². The summed E-state index contributed by atoms with van der Waals surface area (Å²) in [6.45, 7) is 12.7. The minimum absolute atomic E-state index is 0.226. The molecule has 1 spiro atoms. The molecule has 28 heavy (non-hydrogen) atoms. The first-order valence-corrected chi connectivity index (χ1v) is 11.1. The van der Waals surface area contributed by atoms with Crippen LogP contribution in [0.4, 0.5) is 4.79 Å². The molecule has 0 radical (unpaired) electrons. The number of piperidine rings is 1. The highest BCUT2D eigenvalue weighted by atomic mass is 32.2. The molecule has 1 saturated heterocycles. The van der Waals surface area contributed by atoms with Gasteiger partial charge in [-0.15, -0.1) is 0 Å². The van der Waals surface area contributed by atoms with Gasteiger partial charge in [-0.25, -0.2) is 9.00 Å². The van der Waals surface area contributed by atoms with Crippen molar-refractivity contribution in [2.75, 3.05) is 13.1 Å². The van der Waals surface area contributed by atoms with Gasteiger partial charge in [-0.2, -0.15) is 4.40 Å². The normalized spacial score (nSPS) is 21.6. The van der Waals surface area contributed by atoms with Crippen LogP contribution in [-0.4, -0.2) is 44.4 Å². The number of carbonyl (C=O) groups excluding carboxylic acids is 1. The number of nitrogens with zero attached hydrogens (tertiary/aromatic N) is 2. The Morgan fingerprint density at radius 2 is 1.71 bits per heavy atom. The number of rotatable bonds is 1. The van der Waals surface area contributed by atoms with E-state index in [1.54, 1.807) is 4.90 Å². The van der Waals surface area contributed by atoms with E-state index in [1.165, 1.54) is 11.1 Å². The Morgan fingerprint density at radius 3 is 2.29 bits per heavy atom. The van der Waals surface area contributed by atoms with E-state index in [4.69, 9.17) is 9.13 Å². The first kappa shape index (κ1) is 21.0. The monoisotopic (exact) mass is 404 g/mol. The van der Waals surface area contributed by atoms with Crippen LogP contribution in [0, 0.1) is 0 Å². The van der Waals surface area contributed by atoms with Crippen molar-refractivity contribution >= 4 is 22.8 Å². The van der Waals surface area contributed by atoms with Crippen molar-refractivity contribution in [2.45, 2.75) is 76.6 Å². The summed E-state index contributed by atoms with van der Waals surface area (Å²) in [6.07, 6.45) is 2.04. The quantitative estimate of drug-likeness (QED) is 0.696. The van der Waals surface area contributed by atoms with E-state index >= 15 is 0 Å². The molecule has 154 valence electrons. The predicted molar refractivity (Wildman–Crippen MR) is 114 cm³/mol. The zero-order chi connectivity index (χ0) is 20.7. The summed E-state index contributed by atoms with van der Waals surface area (Å²) in [5.74, 6) is 0. The molecule has 1 atom stereocenters. The van der Waals surface area contributed by atoms with Crippen LogP contribution in [0.1, 0.15) is 65.5 Å². The summed E-state index contributed by atoms with van der Waals surface area (Å²) in [5.41, 5.74) is 2.82. The largest absolute Gasteiger partial charge is 0.444 e. The lowest BCUT2D eigenvalue weighted by Crippen LogP contribution is -2.49. The number of hydrogen-bond acceptors (Lipinski definition) is 3. The molecule has 3 rings (SSSR count). The molecular formula is C22H32N2O3S. The zero-order valence-corrected chi connectivity index (χ0v) is 18.7. The lowest BCUT2D eigenvalue weighted by atomic mass is 9.73. The number of hydrogen-bond donors (Lipinski definition) is 0. The maximum Gasteiger partial charge on any atom is 0.410 e. The third kappa shape index (κ3) is 4.17. The minimum atomic E-state index is -1.29. The zero-order valence-electron chi connectivity index (χ0n) is 17.9. The molecular weight excluding hydrogens is 372 g/mol. The average Bonchev–Trinajstić information content (AvgIpc) is 2.87. The van der Waals surface area contributed by atoms with Gasteiger partial charge in [0.15, 0.2) is 0 Å². The van der Waals surface area contributed by atoms with Gasteiger partial charge in [0, 0.05) is 30.6 Å². The maximum absolute atomic E-state index is 12.8. The molecule has 0 unspecified atom stereocenters. The Morgan fingerprint density at radius 1 is 1.11 bits per heavy atom. The molecule has 1 fully saturated rings. The molecule has 1 heterocycles. The summed E-state index contributed by atoms with van der Waals surface area (Å²) in [5, 5.41) is 0. The molecule has 2 aliphatic rings. The molecule has 5 nitrogen and oxygen atoms in total. The molecule has 1 aliphatic heterocycles. The van der Waals surface area contributed by atoms with Crippen molar-refractivity contribution in [1.82, 2.24) is 4.90 Å². The van der Waals surface area contributed by atoms with Crippen LogP contribution in [0.5, 0.6) is 0 Å². The van der Waals surface area contributed by atoms with Crippen LogP contribution < -0.4 is 0 Å². The van der Waals surface area contributed by atoms with Gasteiger partial charge in [0.05, 0.1) is 4.75 Å². The third-order valence-corrected chi connectivity index (χ3v) is 6.86. The second-order valence-electron chi connectivity index (χ2n) is 9.78. The van der Waals surface area contributed by atoms with Gasteiger partial charge < -0.3 is 9.64 Å². The Bertz CT molecular complexity index is 810. The lowest BCUT2D eigenvalue weighted by Gasteiger charge is -2.40. The molecule has 0 saturated carbocycles. The second kappa shape index (κ2) is 7.29. The molecule has 0 bridgehead atoms. The summed E-state index contributed by atoms with van der Waals surface area (Å²) in [4.78, 5) is 14.3. The van der Waals surface area contributed by atoms with Crippen LogP contribution in [0.15, 0.2) is 28.7 Å². The third-order valence-electron chi connectivity index (χ3n) is 5.43. The van der Waals surface area contributed by atoms with E-state index in [1.807, 2.05) is 47.6 Å². The Balaban J connectivity index is 1.88. The van der Waals surface area contributed by atoms with Gasteiger partial charge in [-0.3, -0.25) is 0 Å². The van der Waals surface area contributed by atoms with E-state index in [0.717, 1.165) is 25.0 Å². The fourth-order valence-electron chi connectivity index (χ4n) is 3.96. The predicted octanol–water partition coefficient (Wildman–Crippen LogP) is 4.41. The standard InChI is InChI=1S/C22H32N2O3S/c1-20(2,3)27-19(25)24-13-11-22(12-14-24)17-10-8-7-9-16(17)15-18(22)23-28(26)21(4,5)6/h7-10H,11-15H2,1-6H3/t28-/m1/s1. The summed E-state index contributed by atoms with van der Waals surface area (Å²) >= 11 is 0. The van der Waals surface area contributed by atoms with Gasteiger partial charge in [-0.1, -0.05) is 24.3 Å². The van der Waals surface area contributed by atoms with Crippen molar-refractivity contribution in [3.63, 3.8) is 0 Å². The number of ether oxygens (including phenoxy) is 1. The minimum Gasteiger partial charge on any atom is -0.444 e. The number of fused-ring (bicyclic) bond motifs is 2. The highest BCUT2D eigenvalue weighted by molar-refractivity contribution is 7.85. The summed E-state index contributed by atoms with van der Waals surface area (Å²) < 4.78 is 22.6. The van der Waals surface area contributed by atoms with Crippen molar-refractivity contribution in [2.24, 2.45) is 4.40 Å². The Hall–Kier alpha value is -1.69. The van der Waals surface area contributed by atoms with Gasteiger partial charge in [0.25, 0.3) is 0 Å². The smallest absolute Gasteiger partial charge is 0.410 e. The molecule has 1 aromatic carbocycles. The van der Waals surface area contributed by atoms with Crippen LogP contribution in [0.2, 0.25) is 0 Å². The van der Waals surface area contributed by atoms with Crippen LogP contribution in [0.25, 0.3) is 0 Å². The van der Waals surface area contributed by atoms with Crippen LogP contribution in [0.3, 0.4) is 0 Å². The van der Waals surface area contributed by atoms with Gasteiger partial charge in [-0.05, 0) is 65.5 Å². The SMILES string of the molecule is CC(C)(C)OC(=O)N1CCC2(CC1)C(=N[S@](=O)C(C)(C)C)Cc1ccccc12. The summed E-state index contributed by atoms with van der Waals surface area (Å²) in [7, 11) is -1.29. The fourth-order valence-corrected chi connectivity index (χ4v) is 4.67. The van der Waals surface area contributed by atoms with Gasteiger partial charge in [0.2, 0.25) is 0 Å². The molecule has 0 aromatic heterocycles. The van der Waals surface area contributed by atoms with E-state index < -0.39 is 16.6 Å². The molecule has 6 heteroatoms. The Kier molecular flexibility index (Phi) is 5.47. The second-order valence-corrected chi connectivity index (χ2v) is 11.7. The maximum atomic E-state index is 12.8. The van der Waals surface area contributed by atoms with Crippen LogP contribution >= 0.6 is 0 Å². The molecule has 1 aromatic rings. The number of carbonyl (C=O) groups is 1. The molecule has 1 aliphatic carbocycles. The van der Waals surface area contributed by atoms with Gasteiger partial charge in [0.1, 0.15) is 16.6 Å². The summed E-state index contributed by atoms with van der Waals surface area (Å²) in [6, 6.07) is 8.41. The number of amides is 1. The first-order valence-electron chi connectivity index (χ1n) is 9.99. The average molecular weight is 405 g/mol. The van der Waals surface area contributed by atoms with E-state index in [9.17, 15) is 9.00 Å². The number of likely N-dealkylation sites (tertiary alicyclic amines) is 1. The van der Waals surface area contributed by atoms with Crippen molar-refractivity contribution < 1.29 is 13.7 Å². The van der Waals surface area contributed by atoms with E-state index in [0.29, 0.717) is 13.1 Å². The highest BCUT2D eigenvalue weighted by Crippen LogP contribution is 2.45. The molecule has 1 amide bonds. The first-order chi connectivity index (χ1) is 12.9. The Labute approximate surface area is 171 Å². The van der Waals surface area contributed by atoms with Crippen molar-refractivity contribution in [3.05, 3.63) is 35.4 Å². The van der Waals surface area contributed by atoms with E-state index in [2.05, 4.69) is 18.2 Å². The van der Waals surface area contributed by atoms with Crippen molar-refractivity contribution in [1.29, 1.82) is 0 Å². The topological polar surface area (TPSA) is 59.0 Å². The lowest BCUT2D eigenvalue weighted by molar-refractivity contribution is 0.0190. The van der Waals surface area contributed by atoms with Gasteiger partial charge >= 0.3 is 6.09 Å².